The average molecular weight is 230 g/mol. The highest BCUT2D eigenvalue weighted by Crippen LogP contribution is 2.39. The standard InChI is InChI=1S/C16H22O/c1-12-4-6-13(7-5-12)15(17)14-8-10-16(2,3)11-9-14/h4-7,14H,8-11H2,1-3H3. The van der Waals surface area contributed by atoms with Crippen molar-refractivity contribution in [2.45, 2.75) is 46.5 Å². The Bertz CT molecular complexity index is 390. The molecule has 0 spiro atoms. The fraction of sp³-hybridized carbons (Fsp3) is 0.562. The molecule has 0 saturated heterocycles. The lowest BCUT2D eigenvalue weighted by Gasteiger charge is -2.33. The third-order valence-electron chi connectivity index (χ3n) is 4.05. The van der Waals surface area contributed by atoms with E-state index in [0.29, 0.717) is 11.2 Å². The molecule has 1 aromatic carbocycles. The van der Waals surface area contributed by atoms with Gasteiger partial charge in [0.2, 0.25) is 0 Å². The Morgan fingerprint density at radius 1 is 1.12 bits per heavy atom. The van der Waals surface area contributed by atoms with Gasteiger partial charge < -0.3 is 0 Å². The van der Waals surface area contributed by atoms with E-state index in [9.17, 15) is 4.79 Å². The zero-order valence-corrected chi connectivity index (χ0v) is 11.1. The van der Waals surface area contributed by atoms with Crippen LogP contribution in [0, 0.1) is 18.3 Å². The summed E-state index contributed by atoms with van der Waals surface area (Å²) in [5, 5.41) is 0. The van der Waals surface area contributed by atoms with Crippen LogP contribution in [0.2, 0.25) is 0 Å². The molecule has 0 amide bonds. The molecule has 0 heterocycles. The number of aryl methyl sites for hydroxylation is 1. The van der Waals surface area contributed by atoms with E-state index < -0.39 is 0 Å². The van der Waals surface area contributed by atoms with Crippen molar-refractivity contribution in [2.75, 3.05) is 0 Å². The van der Waals surface area contributed by atoms with Crippen molar-refractivity contribution in [1.82, 2.24) is 0 Å². The molecule has 0 aliphatic heterocycles. The molecule has 0 aromatic heterocycles. The molecule has 17 heavy (non-hydrogen) atoms. The van der Waals surface area contributed by atoms with Crippen molar-refractivity contribution >= 4 is 5.78 Å². The lowest BCUT2D eigenvalue weighted by Crippen LogP contribution is -2.26. The van der Waals surface area contributed by atoms with Gasteiger partial charge in [0.25, 0.3) is 0 Å². The first-order valence-corrected chi connectivity index (χ1v) is 6.59. The molecule has 1 aromatic rings. The molecule has 92 valence electrons. The van der Waals surface area contributed by atoms with Gasteiger partial charge in [0.1, 0.15) is 0 Å². The first-order chi connectivity index (χ1) is 7.98. The first kappa shape index (κ1) is 12.3. The van der Waals surface area contributed by atoms with E-state index in [1.807, 2.05) is 24.3 Å². The van der Waals surface area contributed by atoms with E-state index in [0.717, 1.165) is 18.4 Å². The molecule has 1 heteroatoms. The number of hydrogen-bond acceptors (Lipinski definition) is 1. The average Bonchev–Trinajstić information content (AvgIpc) is 2.29. The van der Waals surface area contributed by atoms with E-state index in [4.69, 9.17) is 0 Å². The van der Waals surface area contributed by atoms with Crippen LogP contribution in [0.3, 0.4) is 0 Å². The molecular formula is C16H22O. The first-order valence-electron chi connectivity index (χ1n) is 6.59. The number of benzene rings is 1. The van der Waals surface area contributed by atoms with Gasteiger partial charge in [-0.15, -0.1) is 0 Å². The zero-order chi connectivity index (χ0) is 12.5. The Kier molecular flexibility index (Phi) is 3.37. The lowest BCUT2D eigenvalue weighted by atomic mass is 9.71. The summed E-state index contributed by atoms with van der Waals surface area (Å²) in [5.41, 5.74) is 2.54. The van der Waals surface area contributed by atoms with Gasteiger partial charge >= 0.3 is 0 Å². The second-order valence-electron chi connectivity index (χ2n) is 6.17. The SMILES string of the molecule is Cc1ccc(C(=O)C2CCC(C)(C)CC2)cc1. The Morgan fingerprint density at radius 2 is 1.65 bits per heavy atom. The maximum Gasteiger partial charge on any atom is 0.165 e. The van der Waals surface area contributed by atoms with Crippen LogP contribution in [0.4, 0.5) is 0 Å². The van der Waals surface area contributed by atoms with E-state index in [1.165, 1.54) is 18.4 Å². The Balaban J connectivity index is 2.04. The van der Waals surface area contributed by atoms with E-state index in [-0.39, 0.29) is 5.92 Å². The van der Waals surface area contributed by atoms with Crippen molar-refractivity contribution < 1.29 is 4.79 Å². The highest BCUT2D eigenvalue weighted by Gasteiger charge is 2.30. The predicted molar refractivity (Wildman–Crippen MR) is 71.2 cm³/mol. The fourth-order valence-corrected chi connectivity index (χ4v) is 2.61. The summed E-state index contributed by atoms with van der Waals surface area (Å²) in [6.07, 6.45) is 4.46. The normalized spacial score (nSPS) is 20.2. The van der Waals surface area contributed by atoms with Gasteiger partial charge in [0.15, 0.2) is 5.78 Å². The van der Waals surface area contributed by atoms with E-state index in [1.54, 1.807) is 0 Å². The molecule has 1 aliphatic carbocycles. The Labute approximate surface area is 104 Å². The number of ketones is 1. The van der Waals surface area contributed by atoms with Crippen molar-refractivity contribution in [1.29, 1.82) is 0 Å². The second-order valence-corrected chi connectivity index (χ2v) is 6.17. The topological polar surface area (TPSA) is 17.1 Å². The quantitative estimate of drug-likeness (QED) is 0.688. The van der Waals surface area contributed by atoms with Gasteiger partial charge in [-0.3, -0.25) is 4.79 Å². The van der Waals surface area contributed by atoms with Crippen molar-refractivity contribution in [3.63, 3.8) is 0 Å². The third-order valence-corrected chi connectivity index (χ3v) is 4.05. The van der Waals surface area contributed by atoms with Crippen LogP contribution in [0.15, 0.2) is 24.3 Å². The summed E-state index contributed by atoms with van der Waals surface area (Å²) in [7, 11) is 0. The maximum absolute atomic E-state index is 12.3. The summed E-state index contributed by atoms with van der Waals surface area (Å²) in [4.78, 5) is 12.3. The summed E-state index contributed by atoms with van der Waals surface area (Å²) in [5.74, 6) is 0.603. The molecule has 0 N–H and O–H groups in total. The van der Waals surface area contributed by atoms with Crippen LogP contribution < -0.4 is 0 Å². The summed E-state index contributed by atoms with van der Waals surface area (Å²) >= 11 is 0. The van der Waals surface area contributed by atoms with Gasteiger partial charge in [0, 0.05) is 11.5 Å². The second kappa shape index (κ2) is 4.64. The smallest absolute Gasteiger partial charge is 0.165 e. The monoisotopic (exact) mass is 230 g/mol. The molecule has 0 bridgehead atoms. The zero-order valence-electron chi connectivity index (χ0n) is 11.1. The largest absolute Gasteiger partial charge is 0.294 e. The highest BCUT2D eigenvalue weighted by atomic mass is 16.1. The van der Waals surface area contributed by atoms with Gasteiger partial charge in [0.05, 0.1) is 0 Å². The molecule has 1 saturated carbocycles. The molecule has 0 atom stereocenters. The molecule has 1 aliphatic rings. The molecule has 0 radical (unpaired) electrons. The van der Waals surface area contributed by atoms with Crippen molar-refractivity contribution in [2.24, 2.45) is 11.3 Å². The number of Topliss-reactive ketones (excluding diaryl/α,β-unsaturated/α-hetero) is 1. The van der Waals surface area contributed by atoms with Crippen LogP contribution in [-0.4, -0.2) is 5.78 Å². The lowest BCUT2D eigenvalue weighted by molar-refractivity contribution is 0.0838. The van der Waals surface area contributed by atoms with Crippen molar-refractivity contribution in [3.05, 3.63) is 35.4 Å². The van der Waals surface area contributed by atoms with Gasteiger partial charge in [-0.05, 0) is 38.0 Å². The molecular weight excluding hydrogens is 208 g/mol. The number of rotatable bonds is 2. The molecule has 1 fully saturated rings. The predicted octanol–water partition coefficient (Wildman–Crippen LogP) is 4.39. The van der Waals surface area contributed by atoms with Crippen LogP contribution in [0.25, 0.3) is 0 Å². The third kappa shape index (κ3) is 2.96. The summed E-state index contributed by atoms with van der Waals surface area (Å²) < 4.78 is 0. The number of hydrogen-bond donors (Lipinski definition) is 0. The Morgan fingerprint density at radius 3 is 2.18 bits per heavy atom. The van der Waals surface area contributed by atoms with E-state index in [2.05, 4.69) is 20.8 Å². The van der Waals surface area contributed by atoms with Crippen LogP contribution in [-0.2, 0) is 0 Å². The minimum Gasteiger partial charge on any atom is -0.294 e. The number of carbonyl (C=O) groups is 1. The fourth-order valence-electron chi connectivity index (χ4n) is 2.61. The minimum atomic E-state index is 0.255. The summed E-state index contributed by atoms with van der Waals surface area (Å²) in [6, 6.07) is 7.99. The maximum atomic E-state index is 12.3. The Hall–Kier alpha value is -1.11. The molecule has 1 nitrogen and oxygen atoms in total. The van der Waals surface area contributed by atoms with Crippen LogP contribution in [0.1, 0.15) is 55.5 Å². The van der Waals surface area contributed by atoms with Crippen LogP contribution in [0.5, 0.6) is 0 Å². The minimum absolute atomic E-state index is 0.255. The van der Waals surface area contributed by atoms with Gasteiger partial charge in [-0.1, -0.05) is 43.7 Å². The summed E-state index contributed by atoms with van der Waals surface area (Å²) in [6.45, 7) is 6.66. The highest BCUT2D eigenvalue weighted by molar-refractivity contribution is 5.97. The van der Waals surface area contributed by atoms with E-state index >= 15 is 0 Å². The van der Waals surface area contributed by atoms with Crippen molar-refractivity contribution in [3.8, 4) is 0 Å². The molecule has 0 unspecified atom stereocenters. The van der Waals surface area contributed by atoms with Gasteiger partial charge in [-0.2, -0.15) is 0 Å². The molecule has 2 rings (SSSR count). The van der Waals surface area contributed by atoms with Gasteiger partial charge in [-0.25, -0.2) is 0 Å². The van der Waals surface area contributed by atoms with Crippen LogP contribution >= 0.6 is 0 Å². The number of carbonyl (C=O) groups excluding carboxylic acids is 1.